The summed E-state index contributed by atoms with van der Waals surface area (Å²) in [5, 5.41) is 9.96. The maximum absolute atomic E-state index is 2.38. The van der Waals surface area contributed by atoms with Crippen molar-refractivity contribution in [3.05, 3.63) is 212 Å². The van der Waals surface area contributed by atoms with Crippen LogP contribution in [-0.2, 0) is 0 Å². The molecule has 0 atom stereocenters. The Hall–Kier alpha value is -6.90. The van der Waals surface area contributed by atoms with Crippen LogP contribution in [0.3, 0.4) is 0 Å². The number of nitrogens with zero attached hydrogens (tertiary/aromatic N) is 2. The van der Waals surface area contributed by atoms with Gasteiger partial charge >= 0.3 is 0 Å². The summed E-state index contributed by atoms with van der Waals surface area (Å²) in [5.74, 6) is 0. The molecule has 0 fully saturated rings. The lowest BCUT2D eigenvalue weighted by Gasteiger charge is -2.28. The van der Waals surface area contributed by atoms with E-state index in [-0.39, 0.29) is 0 Å². The smallest absolute Gasteiger partial charge is 0.0546 e. The van der Waals surface area contributed by atoms with Crippen molar-refractivity contribution < 1.29 is 0 Å². The van der Waals surface area contributed by atoms with Gasteiger partial charge in [0.2, 0.25) is 0 Å². The zero-order valence-electron chi connectivity index (χ0n) is 30.5. The van der Waals surface area contributed by atoms with Gasteiger partial charge in [0.25, 0.3) is 0 Å². The molecule has 2 nitrogen and oxygen atoms in total. The van der Waals surface area contributed by atoms with E-state index in [1.54, 1.807) is 0 Å². The molecule has 0 unspecified atom stereocenters. The van der Waals surface area contributed by atoms with Crippen LogP contribution in [0.4, 0.5) is 28.4 Å². The molecule has 0 aromatic heterocycles. The molecule has 0 bridgehead atoms. The zero-order valence-corrected chi connectivity index (χ0v) is 30.5. The van der Waals surface area contributed by atoms with Gasteiger partial charge in [-0.3, -0.25) is 0 Å². The van der Waals surface area contributed by atoms with Crippen LogP contribution in [0.25, 0.3) is 54.2 Å². The van der Waals surface area contributed by atoms with Gasteiger partial charge in [-0.2, -0.15) is 0 Å². The molecule has 9 aromatic rings. The standard InChI is InChI=1S/C52H40N2/c1-3-4-16-37(2)53(51-35-40-17-8-10-21-45(40)47-23-12-14-25-49(47)51)43-31-27-38(28-32-43)39-29-33-44(34-30-39)54(42-19-6-5-7-20-42)52-36-41-18-9-11-22-46(41)48-24-13-15-26-50(48)52/h3-36H,1-2H3/b4-3-,37-16+. The molecule has 0 amide bonds. The highest BCUT2D eigenvalue weighted by atomic mass is 15.1. The minimum atomic E-state index is 1.11. The molecule has 0 saturated carbocycles. The van der Waals surface area contributed by atoms with Crippen molar-refractivity contribution >= 4 is 71.5 Å². The SMILES string of the molecule is C/C=C\C=C(/C)N(c1ccc(-c2ccc(N(c3ccccc3)c3cc4ccccc4c4ccccc34)cc2)cc1)c1cc2ccccc2c2ccccc12. The summed E-state index contributed by atoms with van der Waals surface area (Å²) in [4.78, 5) is 4.76. The van der Waals surface area contributed by atoms with Gasteiger partial charge in [0.1, 0.15) is 0 Å². The normalized spacial score (nSPS) is 11.9. The van der Waals surface area contributed by atoms with Crippen molar-refractivity contribution in [2.24, 2.45) is 0 Å². The summed E-state index contributed by atoms with van der Waals surface area (Å²) in [6.07, 6.45) is 6.38. The van der Waals surface area contributed by atoms with Gasteiger partial charge in [0.15, 0.2) is 0 Å². The van der Waals surface area contributed by atoms with E-state index in [0.29, 0.717) is 0 Å². The highest BCUT2D eigenvalue weighted by molar-refractivity contribution is 6.15. The van der Waals surface area contributed by atoms with Gasteiger partial charge < -0.3 is 9.80 Å². The lowest BCUT2D eigenvalue weighted by molar-refractivity contribution is 1.17. The van der Waals surface area contributed by atoms with Crippen molar-refractivity contribution in [1.82, 2.24) is 0 Å². The first-order valence-electron chi connectivity index (χ1n) is 18.6. The van der Waals surface area contributed by atoms with Gasteiger partial charge in [0.05, 0.1) is 11.4 Å². The molecular weight excluding hydrogens is 653 g/mol. The molecule has 0 radical (unpaired) electrons. The summed E-state index contributed by atoms with van der Waals surface area (Å²) in [7, 11) is 0. The lowest BCUT2D eigenvalue weighted by atomic mass is 9.98. The summed E-state index contributed by atoms with van der Waals surface area (Å²) in [5.41, 5.74) is 9.17. The Kier molecular flexibility index (Phi) is 8.70. The average Bonchev–Trinajstić information content (AvgIpc) is 3.24. The molecule has 0 saturated heterocycles. The van der Waals surface area contributed by atoms with Crippen molar-refractivity contribution in [3.8, 4) is 11.1 Å². The molecular formula is C52H40N2. The highest BCUT2D eigenvalue weighted by Crippen LogP contribution is 2.43. The van der Waals surface area contributed by atoms with E-state index < -0.39 is 0 Å². The third-order valence-corrected chi connectivity index (χ3v) is 10.5. The highest BCUT2D eigenvalue weighted by Gasteiger charge is 2.19. The minimum absolute atomic E-state index is 1.11. The Morgan fingerprint density at radius 1 is 0.407 bits per heavy atom. The van der Waals surface area contributed by atoms with Crippen molar-refractivity contribution in [2.75, 3.05) is 9.80 Å². The number of para-hydroxylation sites is 1. The monoisotopic (exact) mass is 692 g/mol. The Bertz CT molecular complexity index is 2830. The molecule has 0 aliphatic rings. The van der Waals surface area contributed by atoms with Gasteiger partial charge in [0, 0.05) is 33.5 Å². The maximum Gasteiger partial charge on any atom is 0.0546 e. The molecule has 258 valence electrons. The summed E-state index contributed by atoms with van der Waals surface area (Å²) in [6, 6.07) is 68.1. The quantitative estimate of drug-likeness (QED) is 0.116. The number of rotatable bonds is 8. The molecule has 0 spiro atoms. The molecule has 0 aliphatic heterocycles. The van der Waals surface area contributed by atoms with Crippen LogP contribution in [0, 0.1) is 0 Å². The number of benzene rings is 9. The first-order chi connectivity index (χ1) is 26.7. The summed E-state index contributed by atoms with van der Waals surface area (Å²) >= 11 is 0. The number of anilines is 5. The Morgan fingerprint density at radius 3 is 1.39 bits per heavy atom. The van der Waals surface area contributed by atoms with E-state index in [2.05, 4.69) is 230 Å². The number of hydrogen-bond donors (Lipinski definition) is 0. The van der Waals surface area contributed by atoms with E-state index in [4.69, 9.17) is 0 Å². The molecule has 9 aromatic carbocycles. The van der Waals surface area contributed by atoms with Gasteiger partial charge in [-0.15, -0.1) is 0 Å². The number of fused-ring (bicyclic) bond motifs is 6. The Labute approximate surface area is 317 Å². The van der Waals surface area contributed by atoms with Crippen LogP contribution in [-0.4, -0.2) is 0 Å². The van der Waals surface area contributed by atoms with Crippen molar-refractivity contribution in [2.45, 2.75) is 13.8 Å². The fraction of sp³-hybridized carbons (Fsp3) is 0.0385. The zero-order chi connectivity index (χ0) is 36.4. The first kappa shape index (κ1) is 33.0. The number of hydrogen-bond acceptors (Lipinski definition) is 2. The minimum Gasteiger partial charge on any atom is -0.314 e. The largest absolute Gasteiger partial charge is 0.314 e. The van der Waals surface area contributed by atoms with Crippen LogP contribution >= 0.6 is 0 Å². The lowest BCUT2D eigenvalue weighted by Crippen LogP contribution is -2.15. The Morgan fingerprint density at radius 2 is 0.833 bits per heavy atom. The Balaban J connectivity index is 1.11. The van der Waals surface area contributed by atoms with E-state index in [0.717, 1.165) is 28.4 Å². The van der Waals surface area contributed by atoms with Crippen LogP contribution in [0.5, 0.6) is 0 Å². The van der Waals surface area contributed by atoms with Gasteiger partial charge in [-0.1, -0.05) is 152 Å². The van der Waals surface area contributed by atoms with Crippen molar-refractivity contribution in [3.63, 3.8) is 0 Å². The summed E-state index contributed by atoms with van der Waals surface area (Å²) in [6.45, 7) is 4.25. The summed E-state index contributed by atoms with van der Waals surface area (Å²) < 4.78 is 0. The second-order valence-corrected chi connectivity index (χ2v) is 13.8. The molecule has 2 heteroatoms. The molecule has 0 N–H and O–H groups in total. The van der Waals surface area contributed by atoms with Crippen LogP contribution in [0.1, 0.15) is 13.8 Å². The molecule has 0 heterocycles. The number of allylic oxidation sites excluding steroid dienone is 4. The predicted octanol–water partition coefficient (Wildman–Crippen LogP) is 15.1. The second-order valence-electron chi connectivity index (χ2n) is 13.8. The van der Waals surface area contributed by atoms with Crippen molar-refractivity contribution in [1.29, 1.82) is 0 Å². The van der Waals surface area contributed by atoms with Crippen LogP contribution in [0.15, 0.2) is 212 Å². The third-order valence-electron chi connectivity index (χ3n) is 10.5. The van der Waals surface area contributed by atoms with Gasteiger partial charge in [-0.25, -0.2) is 0 Å². The molecule has 9 rings (SSSR count). The maximum atomic E-state index is 2.38. The molecule has 54 heavy (non-hydrogen) atoms. The van der Waals surface area contributed by atoms with E-state index in [9.17, 15) is 0 Å². The van der Waals surface area contributed by atoms with E-state index >= 15 is 0 Å². The fourth-order valence-corrected chi connectivity index (χ4v) is 7.89. The third kappa shape index (κ3) is 5.98. The van der Waals surface area contributed by atoms with E-state index in [1.807, 2.05) is 0 Å². The first-order valence-corrected chi connectivity index (χ1v) is 18.6. The second kappa shape index (κ2) is 14.3. The topological polar surface area (TPSA) is 6.48 Å². The van der Waals surface area contributed by atoms with Crippen LogP contribution < -0.4 is 9.80 Å². The van der Waals surface area contributed by atoms with Crippen LogP contribution in [0.2, 0.25) is 0 Å². The average molecular weight is 693 g/mol. The molecule has 0 aliphatic carbocycles. The predicted molar refractivity (Wildman–Crippen MR) is 234 cm³/mol. The fourth-order valence-electron chi connectivity index (χ4n) is 7.89. The van der Waals surface area contributed by atoms with Gasteiger partial charge in [-0.05, 0) is 112 Å². The van der Waals surface area contributed by atoms with E-state index in [1.165, 1.54) is 59.9 Å².